The van der Waals surface area contributed by atoms with Crippen molar-refractivity contribution in [2.45, 2.75) is 39.5 Å². The lowest BCUT2D eigenvalue weighted by molar-refractivity contribution is 0.787. The maximum Gasteiger partial charge on any atom is 0.0175 e. The predicted octanol–water partition coefficient (Wildman–Crippen LogP) is 3.80. The first-order chi connectivity index (χ1) is 6.81. The van der Waals surface area contributed by atoms with Crippen LogP contribution < -0.4 is 5.32 Å². The average molecular weight is 193 g/mol. The predicted molar refractivity (Wildman–Crippen MR) is 65.2 cm³/mol. The Bertz CT molecular complexity index is 189. The molecule has 0 radical (unpaired) electrons. The van der Waals surface area contributed by atoms with Crippen LogP contribution in [0.2, 0.25) is 0 Å². The zero-order valence-corrected chi connectivity index (χ0v) is 9.55. The molecule has 0 unspecified atom stereocenters. The third kappa shape index (κ3) is 9.11. The lowest BCUT2D eigenvalue weighted by Gasteiger charge is -1.96. The molecule has 0 aromatic heterocycles. The molecule has 0 bridgehead atoms. The van der Waals surface area contributed by atoms with Crippen LogP contribution >= 0.6 is 0 Å². The molecule has 0 saturated carbocycles. The molecule has 0 heterocycles. The van der Waals surface area contributed by atoms with Gasteiger partial charge in [-0.15, -0.1) is 0 Å². The molecule has 0 aliphatic heterocycles. The lowest BCUT2D eigenvalue weighted by Crippen LogP contribution is -2.03. The van der Waals surface area contributed by atoms with Crippen molar-refractivity contribution in [3.05, 3.63) is 36.6 Å². The second-order valence-corrected chi connectivity index (χ2v) is 3.49. The summed E-state index contributed by atoms with van der Waals surface area (Å²) in [6, 6.07) is 0. The fourth-order valence-corrected chi connectivity index (χ4v) is 1.14. The highest BCUT2D eigenvalue weighted by atomic mass is 14.8. The Morgan fingerprint density at radius 1 is 1.43 bits per heavy atom. The maximum absolute atomic E-state index is 3.59. The zero-order valence-electron chi connectivity index (χ0n) is 9.55. The molecule has 1 heteroatoms. The molecular weight excluding hydrogens is 170 g/mol. The molecule has 80 valence electrons. The summed E-state index contributed by atoms with van der Waals surface area (Å²) < 4.78 is 0. The number of rotatable bonds is 8. The first-order valence-electron chi connectivity index (χ1n) is 5.47. The Morgan fingerprint density at radius 2 is 2.21 bits per heavy atom. The Hall–Kier alpha value is -0.980. The molecule has 0 atom stereocenters. The highest BCUT2D eigenvalue weighted by Gasteiger charge is 1.85. The molecule has 14 heavy (non-hydrogen) atoms. The molecule has 0 amide bonds. The van der Waals surface area contributed by atoms with Crippen LogP contribution in [0.25, 0.3) is 0 Å². The van der Waals surface area contributed by atoms with Crippen molar-refractivity contribution in [2.24, 2.45) is 0 Å². The molecule has 0 aromatic carbocycles. The molecule has 0 fully saturated rings. The van der Waals surface area contributed by atoms with Gasteiger partial charge >= 0.3 is 0 Å². The fourth-order valence-electron chi connectivity index (χ4n) is 1.14. The van der Waals surface area contributed by atoms with Gasteiger partial charge in [0.15, 0.2) is 0 Å². The van der Waals surface area contributed by atoms with E-state index in [1.165, 1.54) is 24.8 Å². The molecule has 1 nitrogen and oxygen atoms in total. The second-order valence-electron chi connectivity index (χ2n) is 3.49. The van der Waals surface area contributed by atoms with Gasteiger partial charge in [0.25, 0.3) is 0 Å². The van der Waals surface area contributed by atoms with Gasteiger partial charge in [0, 0.05) is 6.54 Å². The summed E-state index contributed by atoms with van der Waals surface area (Å²) in [6.45, 7) is 8.99. The van der Waals surface area contributed by atoms with Gasteiger partial charge in [-0.05, 0) is 32.4 Å². The second kappa shape index (κ2) is 10.1. The van der Waals surface area contributed by atoms with E-state index in [1.54, 1.807) is 6.20 Å². The van der Waals surface area contributed by atoms with Crippen LogP contribution in [0, 0.1) is 0 Å². The fraction of sp³-hybridized carbons (Fsp3) is 0.538. The number of hydrogen-bond donors (Lipinski definition) is 1. The minimum Gasteiger partial charge on any atom is -0.391 e. The van der Waals surface area contributed by atoms with Crippen LogP contribution in [0.15, 0.2) is 36.6 Å². The van der Waals surface area contributed by atoms with E-state index >= 15 is 0 Å². The van der Waals surface area contributed by atoms with Crippen molar-refractivity contribution in [3.63, 3.8) is 0 Å². The van der Waals surface area contributed by atoms with Crippen LogP contribution in [0.1, 0.15) is 39.5 Å². The normalized spacial score (nSPS) is 12.0. The number of allylic oxidation sites excluding steroid dienone is 3. The molecule has 0 aromatic rings. The molecular formula is C13H23N. The summed E-state index contributed by atoms with van der Waals surface area (Å²) in [5, 5.41) is 3.06. The highest BCUT2D eigenvalue weighted by Crippen LogP contribution is 2.05. The summed E-state index contributed by atoms with van der Waals surface area (Å²) in [5.74, 6) is 0. The SMILES string of the molecule is C=CNCC/C=C\C=C(\C)CCCC. The van der Waals surface area contributed by atoms with Crippen LogP contribution in [0.5, 0.6) is 0 Å². The van der Waals surface area contributed by atoms with Crippen LogP contribution in [-0.4, -0.2) is 6.54 Å². The van der Waals surface area contributed by atoms with Gasteiger partial charge in [-0.3, -0.25) is 0 Å². The van der Waals surface area contributed by atoms with Gasteiger partial charge in [-0.1, -0.05) is 43.7 Å². The van der Waals surface area contributed by atoms with Crippen molar-refractivity contribution < 1.29 is 0 Å². The van der Waals surface area contributed by atoms with E-state index in [0.717, 1.165) is 13.0 Å². The maximum atomic E-state index is 3.59. The molecule has 1 N–H and O–H groups in total. The average Bonchev–Trinajstić information content (AvgIpc) is 2.20. The van der Waals surface area contributed by atoms with E-state index in [1.807, 2.05) is 0 Å². The minimum absolute atomic E-state index is 0.974. The first-order valence-corrected chi connectivity index (χ1v) is 5.47. The molecule has 0 spiro atoms. The van der Waals surface area contributed by atoms with Gasteiger partial charge in [-0.2, -0.15) is 0 Å². The van der Waals surface area contributed by atoms with E-state index in [9.17, 15) is 0 Å². The summed E-state index contributed by atoms with van der Waals surface area (Å²) in [4.78, 5) is 0. The van der Waals surface area contributed by atoms with E-state index in [4.69, 9.17) is 0 Å². The minimum atomic E-state index is 0.974. The van der Waals surface area contributed by atoms with Crippen molar-refractivity contribution in [1.29, 1.82) is 0 Å². The summed E-state index contributed by atoms with van der Waals surface area (Å²) >= 11 is 0. The van der Waals surface area contributed by atoms with Crippen molar-refractivity contribution in [1.82, 2.24) is 5.32 Å². The molecule has 0 saturated heterocycles. The monoisotopic (exact) mass is 193 g/mol. The van der Waals surface area contributed by atoms with Crippen LogP contribution in [-0.2, 0) is 0 Å². The van der Waals surface area contributed by atoms with Crippen LogP contribution in [0.4, 0.5) is 0 Å². The van der Waals surface area contributed by atoms with Crippen LogP contribution in [0.3, 0.4) is 0 Å². The smallest absolute Gasteiger partial charge is 0.0175 e. The molecule has 0 rings (SSSR count). The number of hydrogen-bond acceptors (Lipinski definition) is 1. The number of nitrogens with one attached hydrogen (secondary N) is 1. The quantitative estimate of drug-likeness (QED) is 0.456. The van der Waals surface area contributed by atoms with Crippen molar-refractivity contribution >= 4 is 0 Å². The topological polar surface area (TPSA) is 12.0 Å². The van der Waals surface area contributed by atoms with Gasteiger partial charge < -0.3 is 5.32 Å². The molecule has 0 aliphatic rings. The molecule has 0 aliphatic carbocycles. The van der Waals surface area contributed by atoms with Gasteiger partial charge in [0.2, 0.25) is 0 Å². The summed E-state index contributed by atoms with van der Waals surface area (Å²) in [7, 11) is 0. The van der Waals surface area contributed by atoms with Gasteiger partial charge in [0.05, 0.1) is 0 Å². The Labute approximate surface area is 88.6 Å². The van der Waals surface area contributed by atoms with E-state index in [0.29, 0.717) is 0 Å². The Balaban J connectivity index is 3.50. The lowest BCUT2D eigenvalue weighted by atomic mass is 10.1. The zero-order chi connectivity index (χ0) is 10.6. The number of unbranched alkanes of at least 4 members (excludes halogenated alkanes) is 1. The third-order valence-electron chi connectivity index (χ3n) is 2.04. The van der Waals surface area contributed by atoms with Gasteiger partial charge in [-0.25, -0.2) is 0 Å². The van der Waals surface area contributed by atoms with E-state index in [-0.39, 0.29) is 0 Å². The Kier molecular flexibility index (Phi) is 9.40. The van der Waals surface area contributed by atoms with Gasteiger partial charge in [0.1, 0.15) is 0 Å². The van der Waals surface area contributed by atoms with E-state index < -0.39 is 0 Å². The Morgan fingerprint density at radius 3 is 2.86 bits per heavy atom. The first kappa shape index (κ1) is 13.0. The van der Waals surface area contributed by atoms with Crippen molar-refractivity contribution in [3.8, 4) is 0 Å². The summed E-state index contributed by atoms with van der Waals surface area (Å²) in [6.07, 6.45) is 13.1. The highest BCUT2D eigenvalue weighted by molar-refractivity contribution is 5.10. The standard InChI is InChI=1S/C13H23N/c1-4-6-10-13(3)11-8-7-9-12-14-5-2/h5,7-8,11,14H,2,4,6,9-10,12H2,1,3H3/b8-7-,13-11-. The van der Waals surface area contributed by atoms with Crippen molar-refractivity contribution in [2.75, 3.05) is 6.54 Å². The summed E-state index contributed by atoms with van der Waals surface area (Å²) in [5.41, 5.74) is 1.47. The van der Waals surface area contributed by atoms with E-state index in [2.05, 4.69) is 44.0 Å². The third-order valence-corrected chi connectivity index (χ3v) is 2.04. The largest absolute Gasteiger partial charge is 0.391 e.